The van der Waals surface area contributed by atoms with Crippen molar-refractivity contribution in [3.05, 3.63) is 59.7 Å². The first kappa shape index (κ1) is 14.8. The molecule has 6 heteroatoms. The molecule has 1 amide bonds. The first-order chi connectivity index (χ1) is 11.7. The van der Waals surface area contributed by atoms with E-state index < -0.39 is 0 Å². The summed E-state index contributed by atoms with van der Waals surface area (Å²) in [5, 5.41) is 5.96. The van der Waals surface area contributed by atoms with Gasteiger partial charge in [0.25, 0.3) is 5.91 Å². The number of morpholine rings is 1. The van der Waals surface area contributed by atoms with Crippen LogP contribution in [0.2, 0.25) is 0 Å². The highest BCUT2D eigenvalue weighted by atomic mass is 16.5. The van der Waals surface area contributed by atoms with E-state index in [2.05, 4.69) is 10.1 Å². The summed E-state index contributed by atoms with van der Waals surface area (Å²) in [6, 6.07) is 13.3. The second kappa shape index (κ2) is 6.05. The van der Waals surface area contributed by atoms with E-state index in [1.54, 1.807) is 11.8 Å². The Morgan fingerprint density at radius 1 is 1.21 bits per heavy atom. The fourth-order valence-corrected chi connectivity index (χ4v) is 3.08. The maximum Gasteiger partial charge on any atom is 0.255 e. The third kappa shape index (κ3) is 2.55. The van der Waals surface area contributed by atoms with E-state index in [9.17, 15) is 4.79 Å². The molecule has 2 heterocycles. The average Bonchev–Trinajstić information content (AvgIpc) is 3.07. The Morgan fingerprint density at radius 3 is 2.88 bits per heavy atom. The molecule has 4 rings (SSSR count). The van der Waals surface area contributed by atoms with Gasteiger partial charge in [0, 0.05) is 19.0 Å². The predicted octanol–water partition coefficient (Wildman–Crippen LogP) is 2.74. The molecule has 122 valence electrons. The van der Waals surface area contributed by atoms with Crippen LogP contribution in [0.25, 0.3) is 10.8 Å². The highest BCUT2D eigenvalue weighted by molar-refractivity contribution is 6.07. The lowest BCUT2D eigenvalue weighted by Crippen LogP contribution is -2.43. The number of ether oxygens (including phenoxy) is 1. The van der Waals surface area contributed by atoms with E-state index in [4.69, 9.17) is 9.26 Å². The highest BCUT2D eigenvalue weighted by Gasteiger charge is 2.33. The van der Waals surface area contributed by atoms with Gasteiger partial charge in [0.15, 0.2) is 5.82 Å². The van der Waals surface area contributed by atoms with Crippen LogP contribution in [0.15, 0.2) is 47.0 Å². The van der Waals surface area contributed by atoms with Crippen LogP contribution >= 0.6 is 0 Å². The van der Waals surface area contributed by atoms with Crippen molar-refractivity contribution in [2.24, 2.45) is 0 Å². The summed E-state index contributed by atoms with van der Waals surface area (Å²) < 4.78 is 10.6. The van der Waals surface area contributed by atoms with Gasteiger partial charge >= 0.3 is 0 Å². The fourth-order valence-electron chi connectivity index (χ4n) is 3.08. The number of hydrogen-bond donors (Lipinski definition) is 0. The lowest BCUT2D eigenvalue weighted by Gasteiger charge is -2.34. The second-order valence-corrected chi connectivity index (χ2v) is 5.79. The SMILES string of the molecule is Cc1nc(C2COCCN2C(=O)c2cccc3ccccc23)no1. The van der Waals surface area contributed by atoms with E-state index in [0.29, 0.717) is 37.0 Å². The average molecular weight is 323 g/mol. The van der Waals surface area contributed by atoms with Gasteiger partial charge in [-0.1, -0.05) is 41.6 Å². The van der Waals surface area contributed by atoms with Crippen molar-refractivity contribution in [2.45, 2.75) is 13.0 Å². The minimum Gasteiger partial charge on any atom is -0.377 e. The third-order valence-corrected chi connectivity index (χ3v) is 4.25. The minimum atomic E-state index is -0.331. The molecule has 1 fully saturated rings. The molecule has 0 N–H and O–H groups in total. The molecule has 0 bridgehead atoms. The summed E-state index contributed by atoms with van der Waals surface area (Å²) in [5.41, 5.74) is 0.681. The number of rotatable bonds is 2. The van der Waals surface area contributed by atoms with E-state index in [1.807, 2.05) is 42.5 Å². The van der Waals surface area contributed by atoms with Crippen LogP contribution in [0.5, 0.6) is 0 Å². The summed E-state index contributed by atoms with van der Waals surface area (Å²) in [6.07, 6.45) is 0. The molecule has 24 heavy (non-hydrogen) atoms. The standard InChI is InChI=1S/C18H17N3O3/c1-12-19-17(20-24-12)16-11-23-10-9-21(16)18(22)15-8-4-6-13-5-2-3-7-14(13)15/h2-8,16H,9-11H2,1H3. The van der Waals surface area contributed by atoms with Gasteiger partial charge in [0.1, 0.15) is 6.04 Å². The number of fused-ring (bicyclic) bond motifs is 1. The number of carbonyl (C=O) groups excluding carboxylic acids is 1. The zero-order chi connectivity index (χ0) is 16.5. The van der Waals surface area contributed by atoms with Crippen molar-refractivity contribution >= 4 is 16.7 Å². The highest BCUT2D eigenvalue weighted by Crippen LogP contribution is 2.27. The van der Waals surface area contributed by atoms with Crippen LogP contribution in [-0.2, 0) is 4.74 Å². The van der Waals surface area contributed by atoms with E-state index in [-0.39, 0.29) is 11.9 Å². The van der Waals surface area contributed by atoms with Crippen LogP contribution in [-0.4, -0.2) is 40.7 Å². The van der Waals surface area contributed by atoms with Gasteiger partial charge in [0.2, 0.25) is 5.89 Å². The molecular weight excluding hydrogens is 306 g/mol. The molecule has 0 radical (unpaired) electrons. The Balaban J connectivity index is 1.73. The summed E-state index contributed by atoms with van der Waals surface area (Å²) in [5.74, 6) is 0.927. The second-order valence-electron chi connectivity index (χ2n) is 5.79. The number of carbonyl (C=O) groups is 1. The van der Waals surface area contributed by atoms with Gasteiger partial charge in [-0.15, -0.1) is 0 Å². The molecule has 3 aromatic rings. The Bertz CT molecular complexity index is 885. The van der Waals surface area contributed by atoms with Gasteiger partial charge < -0.3 is 14.2 Å². The molecule has 6 nitrogen and oxygen atoms in total. The molecule has 1 saturated heterocycles. The van der Waals surface area contributed by atoms with Crippen molar-refractivity contribution in [3.63, 3.8) is 0 Å². The van der Waals surface area contributed by atoms with Gasteiger partial charge in [-0.25, -0.2) is 0 Å². The van der Waals surface area contributed by atoms with Gasteiger partial charge in [-0.2, -0.15) is 4.98 Å². The summed E-state index contributed by atoms with van der Waals surface area (Å²) in [4.78, 5) is 19.2. The normalized spacial score (nSPS) is 18.0. The summed E-state index contributed by atoms with van der Waals surface area (Å²) in [7, 11) is 0. The fraction of sp³-hybridized carbons (Fsp3) is 0.278. The molecule has 2 aromatic carbocycles. The van der Waals surface area contributed by atoms with Crippen molar-refractivity contribution in [1.29, 1.82) is 0 Å². The maximum atomic E-state index is 13.2. The summed E-state index contributed by atoms with van der Waals surface area (Å²) >= 11 is 0. The number of hydrogen-bond acceptors (Lipinski definition) is 5. The van der Waals surface area contributed by atoms with Gasteiger partial charge in [0.05, 0.1) is 13.2 Å². The molecule has 1 unspecified atom stereocenters. The number of aromatic nitrogens is 2. The van der Waals surface area contributed by atoms with Crippen molar-refractivity contribution in [2.75, 3.05) is 19.8 Å². The monoisotopic (exact) mass is 323 g/mol. The molecular formula is C18H17N3O3. The van der Waals surface area contributed by atoms with E-state index >= 15 is 0 Å². The van der Waals surface area contributed by atoms with Gasteiger partial charge in [-0.05, 0) is 16.8 Å². The quantitative estimate of drug-likeness (QED) is 0.725. The van der Waals surface area contributed by atoms with Gasteiger partial charge in [-0.3, -0.25) is 4.79 Å². The number of benzene rings is 2. The van der Waals surface area contributed by atoms with Crippen LogP contribution in [0.1, 0.15) is 28.1 Å². The molecule has 1 atom stereocenters. The molecule has 1 aliphatic heterocycles. The van der Waals surface area contributed by atoms with Crippen LogP contribution in [0, 0.1) is 6.92 Å². The first-order valence-corrected chi connectivity index (χ1v) is 7.91. The van der Waals surface area contributed by atoms with Crippen molar-refractivity contribution in [1.82, 2.24) is 15.0 Å². The largest absolute Gasteiger partial charge is 0.377 e. The molecule has 1 aliphatic rings. The Hall–Kier alpha value is -2.73. The lowest BCUT2D eigenvalue weighted by atomic mass is 10.0. The number of amides is 1. The Kier molecular flexibility index (Phi) is 3.74. The minimum absolute atomic E-state index is 0.0393. The smallest absolute Gasteiger partial charge is 0.255 e. The molecule has 0 spiro atoms. The number of aryl methyl sites for hydroxylation is 1. The molecule has 0 saturated carbocycles. The van der Waals surface area contributed by atoms with Crippen LogP contribution < -0.4 is 0 Å². The van der Waals surface area contributed by atoms with E-state index in [1.165, 1.54) is 0 Å². The maximum absolute atomic E-state index is 13.2. The zero-order valence-electron chi connectivity index (χ0n) is 13.3. The Morgan fingerprint density at radius 2 is 2.04 bits per heavy atom. The number of nitrogens with zero attached hydrogens (tertiary/aromatic N) is 3. The Labute approximate surface area is 139 Å². The van der Waals surface area contributed by atoms with E-state index in [0.717, 1.165) is 10.8 Å². The topological polar surface area (TPSA) is 68.5 Å². The molecule has 1 aromatic heterocycles. The van der Waals surface area contributed by atoms with Crippen molar-refractivity contribution < 1.29 is 14.1 Å². The van der Waals surface area contributed by atoms with Crippen LogP contribution in [0.3, 0.4) is 0 Å². The van der Waals surface area contributed by atoms with Crippen molar-refractivity contribution in [3.8, 4) is 0 Å². The third-order valence-electron chi connectivity index (χ3n) is 4.25. The summed E-state index contributed by atoms with van der Waals surface area (Å²) in [6.45, 7) is 3.11. The lowest BCUT2D eigenvalue weighted by molar-refractivity contribution is -0.00566. The predicted molar refractivity (Wildman–Crippen MR) is 87.6 cm³/mol. The zero-order valence-corrected chi connectivity index (χ0v) is 13.3. The molecule has 0 aliphatic carbocycles. The first-order valence-electron chi connectivity index (χ1n) is 7.91. The van der Waals surface area contributed by atoms with Crippen LogP contribution in [0.4, 0.5) is 0 Å².